The third-order valence-corrected chi connectivity index (χ3v) is 4.35. The predicted molar refractivity (Wildman–Crippen MR) is 85.8 cm³/mol. The Morgan fingerprint density at radius 3 is 3.04 bits per heavy atom. The number of oxazole rings is 1. The van der Waals surface area contributed by atoms with Crippen LogP contribution in [0, 0.1) is 6.92 Å². The number of aromatic nitrogens is 3. The van der Waals surface area contributed by atoms with Crippen molar-refractivity contribution in [3.63, 3.8) is 0 Å². The molecule has 2 atom stereocenters. The van der Waals surface area contributed by atoms with Crippen LogP contribution >= 0.6 is 0 Å². The van der Waals surface area contributed by atoms with Gasteiger partial charge in [-0.2, -0.15) is 5.10 Å². The van der Waals surface area contributed by atoms with Crippen LogP contribution in [0.4, 0.5) is 0 Å². The van der Waals surface area contributed by atoms with Gasteiger partial charge in [0.1, 0.15) is 5.76 Å². The van der Waals surface area contributed by atoms with Crippen LogP contribution in [0.3, 0.4) is 0 Å². The topological polar surface area (TPSA) is 70.6 Å². The van der Waals surface area contributed by atoms with Gasteiger partial charge in [0.05, 0.1) is 25.4 Å². The van der Waals surface area contributed by atoms with Crippen molar-refractivity contribution in [2.24, 2.45) is 0 Å². The lowest BCUT2D eigenvalue weighted by Gasteiger charge is -2.24. The van der Waals surface area contributed by atoms with E-state index in [0.29, 0.717) is 19.1 Å². The van der Waals surface area contributed by atoms with E-state index < -0.39 is 6.10 Å². The zero-order valence-electron chi connectivity index (χ0n) is 13.8. The third-order valence-electron chi connectivity index (χ3n) is 4.35. The van der Waals surface area contributed by atoms with Gasteiger partial charge in [0.25, 0.3) is 0 Å². The van der Waals surface area contributed by atoms with Crippen molar-refractivity contribution >= 4 is 0 Å². The molecule has 0 aliphatic carbocycles. The highest BCUT2D eigenvalue weighted by atomic mass is 16.4. The fourth-order valence-electron chi connectivity index (χ4n) is 3.13. The van der Waals surface area contributed by atoms with Crippen molar-refractivity contribution in [1.82, 2.24) is 24.6 Å². The molecule has 0 saturated carbocycles. The van der Waals surface area contributed by atoms with E-state index in [0.717, 1.165) is 37.7 Å². The first-order valence-corrected chi connectivity index (χ1v) is 8.09. The van der Waals surface area contributed by atoms with Gasteiger partial charge in [-0.25, -0.2) is 4.98 Å². The molecule has 7 nitrogen and oxygen atoms in total. The molecular formula is C16H25N5O2. The molecular weight excluding hydrogens is 294 g/mol. The van der Waals surface area contributed by atoms with Gasteiger partial charge in [-0.3, -0.25) is 14.5 Å². The van der Waals surface area contributed by atoms with Gasteiger partial charge in [-0.1, -0.05) is 0 Å². The predicted octanol–water partition coefficient (Wildman–Crippen LogP) is 0.747. The molecule has 23 heavy (non-hydrogen) atoms. The molecule has 0 spiro atoms. The quantitative estimate of drug-likeness (QED) is 0.812. The minimum absolute atomic E-state index is 0.395. The van der Waals surface area contributed by atoms with Crippen LogP contribution in [0.1, 0.15) is 18.1 Å². The maximum absolute atomic E-state index is 10.2. The maximum Gasteiger partial charge on any atom is 0.208 e. The summed E-state index contributed by atoms with van der Waals surface area (Å²) in [6.07, 6.45) is 6.08. The number of likely N-dealkylation sites (N-methyl/N-ethyl adjacent to an activating group) is 1. The Hall–Kier alpha value is -1.70. The standard InChI is InChI=1S/C16H25N5O2/c1-13-8-17-16(23-13)12-19(2)14-4-7-20(9-14)10-15(22)11-21-6-3-5-18-21/h3,5-6,8,14-15,22H,4,7,9-12H2,1-2H3/t14-,15-/m0/s1. The van der Waals surface area contributed by atoms with Crippen LogP contribution < -0.4 is 0 Å². The van der Waals surface area contributed by atoms with Gasteiger partial charge in [0, 0.05) is 31.5 Å². The Labute approximate surface area is 136 Å². The van der Waals surface area contributed by atoms with Crippen molar-refractivity contribution < 1.29 is 9.52 Å². The normalized spacial score (nSPS) is 20.4. The van der Waals surface area contributed by atoms with Gasteiger partial charge < -0.3 is 9.52 Å². The van der Waals surface area contributed by atoms with E-state index >= 15 is 0 Å². The summed E-state index contributed by atoms with van der Waals surface area (Å²) < 4.78 is 7.32. The molecule has 7 heteroatoms. The molecule has 0 unspecified atom stereocenters. The lowest BCUT2D eigenvalue weighted by Crippen LogP contribution is -2.37. The number of likely N-dealkylation sites (tertiary alicyclic amines) is 1. The van der Waals surface area contributed by atoms with Crippen LogP contribution in [0.5, 0.6) is 0 Å². The molecule has 1 fully saturated rings. The Morgan fingerprint density at radius 2 is 2.35 bits per heavy atom. The molecule has 0 bridgehead atoms. The Balaban J connectivity index is 1.44. The second kappa shape index (κ2) is 7.25. The molecule has 3 heterocycles. The van der Waals surface area contributed by atoms with Gasteiger partial charge in [-0.15, -0.1) is 0 Å². The second-order valence-corrected chi connectivity index (χ2v) is 6.36. The van der Waals surface area contributed by atoms with E-state index in [-0.39, 0.29) is 0 Å². The average Bonchev–Trinajstić information content (AvgIpc) is 3.22. The zero-order valence-corrected chi connectivity index (χ0v) is 13.8. The van der Waals surface area contributed by atoms with E-state index in [1.54, 1.807) is 17.1 Å². The van der Waals surface area contributed by atoms with E-state index in [2.05, 4.69) is 26.9 Å². The molecule has 1 saturated heterocycles. The monoisotopic (exact) mass is 319 g/mol. The SMILES string of the molecule is Cc1cnc(CN(C)[C@H]2CCN(C[C@H](O)Cn3cccn3)C2)o1. The molecule has 1 aliphatic heterocycles. The van der Waals surface area contributed by atoms with Crippen LogP contribution in [0.2, 0.25) is 0 Å². The smallest absolute Gasteiger partial charge is 0.208 e. The average molecular weight is 319 g/mol. The van der Waals surface area contributed by atoms with E-state index in [1.807, 2.05) is 19.2 Å². The summed E-state index contributed by atoms with van der Waals surface area (Å²) in [7, 11) is 2.11. The Morgan fingerprint density at radius 1 is 1.48 bits per heavy atom. The van der Waals surface area contributed by atoms with E-state index in [9.17, 15) is 5.11 Å². The molecule has 0 amide bonds. The van der Waals surface area contributed by atoms with Crippen LogP contribution in [0.25, 0.3) is 0 Å². The lowest BCUT2D eigenvalue weighted by atomic mass is 10.2. The van der Waals surface area contributed by atoms with E-state index in [4.69, 9.17) is 4.42 Å². The highest BCUT2D eigenvalue weighted by Crippen LogP contribution is 2.17. The molecule has 0 aromatic carbocycles. The van der Waals surface area contributed by atoms with Crippen molar-refractivity contribution in [2.45, 2.75) is 38.6 Å². The highest BCUT2D eigenvalue weighted by molar-refractivity contribution is 4.92. The number of aryl methyl sites for hydroxylation is 1. The first-order valence-electron chi connectivity index (χ1n) is 8.09. The summed E-state index contributed by atoms with van der Waals surface area (Å²) in [5, 5.41) is 14.3. The van der Waals surface area contributed by atoms with Gasteiger partial charge >= 0.3 is 0 Å². The van der Waals surface area contributed by atoms with Crippen LogP contribution in [-0.4, -0.2) is 68.5 Å². The van der Waals surface area contributed by atoms with Crippen molar-refractivity contribution in [1.29, 1.82) is 0 Å². The maximum atomic E-state index is 10.2. The fraction of sp³-hybridized carbons (Fsp3) is 0.625. The summed E-state index contributed by atoms with van der Waals surface area (Å²) in [5.41, 5.74) is 0. The lowest BCUT2D eigenvalue weighted by molar-refractivity contribution is 0.101. The summed E-state index contributed by atoms with van der Waals surface area (Å²) in [6, 6.07) is 2.34. The summed E-state index contributed by atoms with van der Waals surface area (Å²) in [6.45, 7) is 5.83. The molecule has 0 radical (unpaired) electrons. The first kappa shape index (κ1) is 16.2. The second-order valence-electron chi connectivity index (χ2n) is 6.36. The van der Waals surface area contributed by atoms with Gasteiger partial charge in [-0.05, 0) is 33.0 Å². The van der Waals surface area contributed by atoms with Crippen LogP contribution in [0.15, 0.2) is 29.1 Å². The molecule has 126 valence electrons. The number of hydrogen-bond acceptors (Lipinski definition) is 6. The fourth-order valence-corrected chi connectivity index (χ4v) is 3.13. The number of aliphatic hydroxyl groups is 1. The van der Waals surface area contributed by atoms with Crippen molar-refractivity contribution in [2.75, 3.05) is 26.7 Å². The van der Waals surface area contributed by atoms with Gasteiger partial charge in [0.2, 0.25) is 5.89 Å². The van der Waals surface area contributed by atoms with Crippen molar-refractivity contribution in [3.8, 4) is 0 Å². The molecule has 2 aromatic heterocycles. The van der Waals surface area contributed by atoms with Crippen LogP contribution in [-0.2, 0) is 13.1 Å². The minimum atomic E-state index is -0.395. The van der Waals surface area contributed by atoms with E-state index in [1.165, 1.54) is 0 Å². The molecule has 1 aliphatic rings. The van der Waals surface area contributed by atoms with Crippen molar-refractivity contribution in [3.05, 3.63) is 36.3 Å². The molecule has 2 aromatic rings. The zero-order chi connectivity index (χ0) is 16.2. The third kappa shape index (κ3) is 4.40. The summed E-state index contributed by atoms with van der Waals surface area (Å²) in [4.78, 5) is 8.86. The number of aliphatic hydroxyl groups excluding tert-OH is 1. The van der Waals surface area contributed by atoms with Gasteiger partial charge in [0.15, 0.2) is 0 Å². The number of nitrogens with zero attached hydrogens (tertiary/aromatic N) is 5. The number of β-amino-alcohol motifs (C(OH)–C–C–N with tert-alkyl or cyclic N) is 1. The molecule has 1 N–H and O–H groups in total. The Kier molecular flexibility index (Phi) is 5.09. The Bertz CT molecular complexity index is 597. The highest BCUT2D eigenvalue weighted by Gasteiger charge is 2.27. The summed E-state index contributed by atoms with van der Waals surface area (Å²) >= 11 is 0. The number of hydrogen-bond donors (Lipinski definition) is 1. The largest absolute Gasteiger partial charge is 0.445 e. The first-order chi connectivity index (χ1) is 11.1. The summed E-state index contributed by atoms with van der Waals surface area (Å²) in [5.74, 6) is 1.62. The minimum Gasteiger partial charge on any atom is -0.445 e. The number of rotatable bonds is 7. The molecule has 3 rings (SSSR count).